The number of nitrogen functional groups attached to an aromatic ring is 1. The lowest BCUT2D eigenvalue weighted by Gasteiger charge is -2.30. The van der Waals surface area contributed by atoms with Crippen LogP contribution < -0.4 is 17.0 Å². The Morgan fingerprint density at radius 3 is 2.58 bits per heavy atom. The molecule has 2 N–H and O–H groups in total. The summed E-state index contributed by atoms with van der Waals surface area (Å²) < 4.78 is 7.24. The van der Waals surface area contributed by atoms with Gasteiger partial charge in [-0.2, -0.15) is 0 Å². The lowest BCUT2D eigenvalue weighted by Crippen LogP contribution is -2.46. The summed E-state index contributed by atoms with van der Waals surface area (Å²) in [7, 11) is 1.33. The highest BCUT2D eigenvalue weighted by molar-refractivity contribution is 6.01. The first-order chi connectivity index (χ1) is 14.8. The molecule has 166 valence electrons. The van der Waals surface area contributed by atoms with Gasteiger partial charge in [-0.05, 0) is 31.9 Å². The number of esters is 1. The summed E-state index contributed by atoms with van der Waals surface area (Å²) in [6.45, 7) is 3.17. The SMILES string of the molecule is CCOC(=O)[C@@H]1CCCN(CC(=O)c2c(N)n(Cc3ccccc3)c(=O)n(C)c2=O)C1. The average Bonchev–Trinajstić information content (AvgIpc) is 2.76. The molecular formula is C22H28N4O5. The number of nitrogens with zero attached hydrogens (tertiary/aromatic N) is 3. The largest absolute Gasteiger partial charge is 0.466 e. The lowest BCUT2D eigenvalue weighted by molar-refractivity contribution is -0.149. The molecule has 0 unspecified atom stereocenters. The summed E-state index contributed by atoms with van der Waals surface area (Å²) in [5.41, 5.74) is 5.49. The van der Waals surface area contributed by atoms with Crippen LogP contribution in [0.5, 0.6) is 0 Å². The molecule has 31 heavy (non-hydrogen) atoms. The first-order valence-electron chi connectivity index (χ1n) is 10.4. The molecule has 0 radical (unpaired) electrons. The summed E-state index contributed by atoms with van der Waals surface area (Å²) in [6, 6.07) is 9.19. The lowest BCUT2D eigenvalue weighted by atomic mass is 9.97. The van der Waals surface area contributed by atoms with Crippen molar-refractivity contribution in [3.05, 3.63) is 62.3 Å². The third kappa shape index (κ3) is 4.93. The van der Waals surface area contributed by atoms with Gasteiger partial charge >= 0.3 is 11.7 Å². The van der Waals surface area contributed by atoms with Crippen LogP contribution in [0.15, 0.2) is 39.9 Å². The number of hydrogen-bond acceptors (Lipinski definition) is 7. The fourth-order valence-electron chi connectivity index (χ4n) is 3.90. The highest BCUT2D eigenvalue weighted by Gasteiger charge is 2.29. The molecule has 2 heterocycles. The molecule has 3 rings (SSSR count). The highest BCUT2D eigenvalue weighted by atomic mass is 16.5. The van der Waals surface area contributed by atoms with E-state index >= 15 is 0 Å². The topological polar surface area (TPSA) is 117 Å². The number of carbonyl (C=O) groups is 2. The van der Waals surface area contributed by atoms with Gasteiger partial charge in [-0.1, -0.05) is 30.3 Å². The van der Waals surface area contributed by atoms with Crippen molar-refractivity contribution in [3.8, 4) is 0 Å². The minimum Gasteiger partial charge on any atom is -0.466 e. The first kappa shape index (κ1) is 22.5. The molecule has 1 saturated heterocycles. The van der Waals surface area contributed by atoms with E-state index in [1.807, 2.05) is 35.2 Å². The minimum absolute atomic E-state index is 0.0567. The molecule has 1 aromatic heterocycles. The Labute approximate surface area is 180 Å². The first-order valence-corrected chi connectivity index (χ1v) is 10.4. The Kier molecular flexibility index (Phi) is 7.06. The van der Waals surface area contributed by atoms with Crippen LogP contribution in [-0.4, -0.2) is 52.0 Å². The van der Waals surface area contributed by atoms with Crippen molar-refractivity contribution in [2.24, 2.45) is 13.0 Å². The number of Topliss-reactive ketones (excluding diaryl/α,β-unsaturated/α-hetero) is 1. The molecule has 1 aromatic carbocycles. The maximum atomic E-state index is 13.1. The van der Waals surface area contributed by atoms with Gasteiger partial charge in [0, 0.05) is 13.6 Å². The smallest absolute Gasteiger partial charge is 0.332 e. The highest BCUT2D eigenvalue weighted by Crippen LogP contribution is 2.19. The Morgan fingerprint density at radius 1 is 1.19 bits per heavy atom. The molecule has 0 spiro atoms. The average molecular weight is 428 g/mol. The fourth-order valence-corrected chi connectivity index (χ4v) is 3.90. The van der Waals surface area contributed by atoms with Crippen molar-refractivity contribution in [1.29, 1.82) is 0 Å². The van der Waals surface area contributed by atoms with Crippen LogP contribution in [0, 0.1) is 5.92 Å². The molecule has 1 aliphatic heterocycles. The Hall–Kier alpha value is -3.20. The standard InChI is InChI=1S/C22H28N4O5/c1-3-31-21(29)16-10-7-11-25(13-16)14-17(27)18-19(23)26(22(30)24(2)20(18)28)12-15-8-5-4-6-9-15/h4-6,8-9,16H,3,7,10-14,23H2,1-2H3/t16-/m1/s1. The molecule has 2 aromatic rings. The zero-order chi connectivity index (χ0) is 22.5. The van der Waals surface area contributed by atoms with Gasteiger partial charge in [0.1, 0.15) is 11.4 Å². The van der Waals surface area contributed by atoms with Gasteiger partial charge in [-0.25, -0.2) is 4.79 Å². The van der Waals surface area contributed by atoms with Crippen molar-refractivity contribution in [2.75, 3.05) is 32.0 Å². The number of ether oxygens (including phenoxy) is 1. The molecule has 9 nitrogen and oxygen atoms in total. The van der Waals surface area contributed by atoms with E-state index in [9.17, 15) is 19.2 Å². The van der Waals surface area contributed by atoms with Crippen LogP contribution in [0.1, 0.15) is 35.7 Å². The molecule has 0 amide bonds. The predicted molar refractivity (Wildman–Crippen MR) is 116 cm³/mol. The summed E-state index contributed by atoms with van der Waals surface area (Å²) in [5.74, 6) is -1.18. The molecule has 0 saturated carbocycles. The van der Waals surface area contributed by atoms with E-state index in [2.05, 4.69) is 0 Å². The van der Waals surface area contributed by atoms with Gasteiger partial charge in [0.15, 0.2) is 5.78 Å². The predicted octanol–water partition coefficient (Wildman–Crippen LogP) is 0.635. The molecule has 1 fully saturated rings. The molecule has 0 bridgehead atoms. The number of likely N-dealkylation sites (tertiary alicyclic amines) is 1. The van der Waals surface area contributed by atoms with Crippen LogP contribution in [0.25, 0.3) is 0 Å². The van der Waals surface area contributed by atoms with Crippen molar-refractivity contribution in [1.82, 2.24) is 14.0 Å². The quantitative estimate of drug-likeness (QED) is 0.508. The third-order valence-electron chi connectivity index (χ3n) is 5.54. The maximum Gasteiger partial charge on any atom is 0.332 e. The van der Waals surface area contributed by atoms with Crippen molar-refractivity contribution in [2.45, 2.75) is 26.3 Å². The zero-order valence-electron chi connectivity index (χ0n) is 17.9. The third-order valence-corrected chi connectivity index (χ3v) is 5.54. The van der Waals surface area contributed by atoms with E-state index < -0.39 is 17.0 Å². The summed E-state index contributed by atoms with van der Waals surface area (Å²) in [5, 5.41) is 0. The molecule has 1 aliphatic rings. The van der Waals surface area contributed by atoms with Gasteiger partial charge < -0.3 is 10.5 Å². The summed E-state index contributed by atoms with van der Waals surface area (Å²) >= 11 is 0. The van der Waals surface area contributed by atoms with Crippen LogP contribution in [0.2, 0.25) is 0 Å². The Bertz CT molecular complexity index is 1070. The van der Waals surface area contributed by atoms with Gasteiger partial charge in [0.2, 0.25) is 0 Å². The van der Waals surface area contributed by atoms with Crippen molar-refractivity contribution < 1.29 is 14.3 Å². The number of ketones is 1. The minimum atomic E-state index is -0.712. The number of piperidine rings is 1. The van der Waals surface area contributed by atoms with Crippen LogP contribution in [0.3, 0.4) is 0 Å². The van der Waals surface area contributed by atoms with Gasteiger partial charge in [0.25, 0.3) is 5.56 Å². The molecule has 1 atom stereocenters. The second kappa shape index (κ2) is 9.74. The van der Waals surface area contributed by atoms with E-state index in [0.29, 0.717) is 26.1 Å². The van der Waals surface area contributed by atoms with Crippen LogP contribution in [-0.2, 0) is 23.1 Å². The second-order valence-electron chi connectivity index (χ2n) is 7.73. The number of benzene rings is 1. The van der Waals surface area contributed by atoms with E-state index in [4.69, 9.17) is 10.5 Å². The Balaban J connectivity index is 1.86. The van der Waals surface area contributed by atoms with Gasteiger partial charge in [0.05, 0.1) is 25.6 Å². The number of aromatic nitrogens is 2. The molecule has 9 heteroatoms. The summed E-state index contributed by atoms with van der Waals surface area (Å²) in [6.07, 6.45) is 1.45. The van der Waals surface area contributed by atoms with Gasteiger partial charge in [-0.3, -0.25) is 28.4 Å². The maximum absolute atomic E-state index is 13.1. The number of carbonyl (C=O) groups excluding carboxylic acids is 2. The second-order valence-corrected chi connectivity index (χ2v) is 7.73. The summed E-state index contributed by atoms with van der Waals surface area (Å²) in [4.78, 5) is 52.3. The van der Waals surface area contributed by atoms with Crippen molar-refractivity contribution in [3.63, 3.8) is 0 Å². The van der Waals surface area contributed by atoms with Crippen LogP contribution in [0.4, 0.5) is 5.82 Å². The number of nitrogens with two attached hydrogens (primary N) is 1. The van der Waals surface area contributed by atoms with Gasteiger partial charge in [-0.15, -0.1) is 0 Å². The van der Waals surface area contributed by atoms with E-state index in [1.54, 1.807) is 6.92 Å². The molecular weight excluding hydrogens is 400 g/mol. The zero-order valence-corrected chi connectivity index (χ0v) is 17.9. The number of rotatable bonds is 7. The monoisotopic (exact) mass is 428 g/mol. The molecule has 0 aliphatic carbocycles. The van der Waals surface area contributed by atoms with E-state index in [-0.39, 0.29) is 36.4 Å². The van der Waals surface area contributed by atoms with E-state index in [0.717, 1.165) is 16.6 Å². The fraction of sp³-hybridized carbons (Fsp3) is 0.455. The Morgan fingerprint density at radius 2 is 1.90 bits per heavy atom. The van der Waals surface area contributed by atoms with E-state index in [1.165, 1.54) is 11.6 Å². The van der Waals surface area contributed by atoms with Crippen LogP contribution >= 0.6 is 0 Å². The normalized spacial score (nSPS) is 16.8. The number of anilines is 1. The van der Waals surface area contributed by atoms with Crippen molar-refractivity contribution >= 4 is 17.6 Å². The number of hydrogen-bond donors (Lipinski definition) is 1.